The molecule has 0 saturated heterocycles. The molecule has 0 aliphatic heterocycles. The second-order valence-electron chi connectivity index (χ2n) is 8.35. The van der Waals surface area contributed by atoms with Gasteiger partial charge in [0.1, 0.15) is 17.7 Å². The Morgan fingerprint density at radius 3 is 2.16 bits per heavy atom. The van der Waals surface area contributed by atoms with Gasteiger partial charge in [-0.2, -0.15) is 0 Å². The molecule has 1 fully saturated rings. The zero-order chi connectivity index (χ0) is 19.2. The number of alkyl carbamates (subject to hydrolysis) is 1. The first kappa shape index (κ1) is 21.7. The van der Waals surface area contributed by atoms with Crippen molar-refractivity contribution < 1.29 is 23.8 Å². The Kier molecular flexibility index (Phi) is 8.19. The lowest BCUT2D eigenvalue weighted by Gasteiger charge is -2.32. The molecule has 1 aliphatic rings. The lowest BCUT2D eigenvalue weighted by atomic mass is 9.86. The minimum Gasteiger partial charge on any atom is -0.458 e. The zero-order valence-corrected chi connectivity index (χ0v) is 16.8. The van der Waals surface area contributed by atoms with Gasteiger partial charge < -0.3 is 19.5 Å². The normalized spacial score (nSPS) is 18.9. The number of rotatable bonds is 8. The van der Waals surface area contributed by atoms with Crippen molar-refractivity contribution in [2.45, 2.75) is 91.6 Å². The van der Waals surface area contributed by atoms with Gasteiger partial charge in [0, 0.05) is 6.61 Å². The maximum Gasteiger partial charge on any atom is 0.408 e. The fraction of sp³-hybridized carbons (Fsp3) is 0.895. The molecule has 1 N–H and O–H groups in total. The van der Waals surface area contributed by atoms with E-state index in [9.17, 15) is 9.59 Å². The molecule has 6 heteroatoms. The van der Waals surface area contributed by atoms with Crippen LogP contribution in [0.15, 0.2) is 0 Å². The maximum atomic E-state index is 12.3. The summed E-state index contributed by atoms with van der Waals surface area (Å²) in [5, 5.41) is 2.51. The van der Waals surface area contributed by atoms with Gasteiger partial charge in [0.25, 0.3) is 0 Å². The maximum absolute atomic E-state index is 12.3. The van der Waals surface area contributed by atoms with Crippen LogP contribution in [0.4, 0.5) is 4.79 Å². The highest BCUT2D eigenvalue weighted by Crippen LogP contribution is 2.27. The quantitative estimate of drug-likeness (QED) is 0.671. The summed E-state index contributed by atoms with van der Waals surface area (Å²) in [7, 11) is 0. The molecule has 0 bridgehead atoms. The van der Waals surface area contributed by atoms with Crippen molar-refractivity contribution in [1.29, 1.82) is 0 Å². The molecule has 0 aromatic carbocycles. The SMILES string of the molecule is CC(C)C(OC(=O)[C@H](C)NC(=O)OC(C)(C)C)[C@H](C)OCC1CCC1. The summed E-state index contributed by atoms with van der Waals surface area (Å²) in [4.78, 5) is 24.1. The monoisotopic (exact) mass is 357 g/mol. The van der Waals surface area contributed by atoms with Crippen molar-refractivity contribution in [2.75, 3.05) is 6.61 Å². The van der Waals surface area contributed by atoms with Crippen LogP contribution in [0.3, 0.4) is 0 Å². The number of ether oxygens (including phenoxy) is 3. The number of hydrogen-bond acceptors (Lipinski definition) is 5. The van der Waals surface area contributed by atoms with Crippen LogP contribution in [0.5, 0.6) is 0 Å². The second-order valence-corrected chi connectivity index (χ2v) is 8.35. The zero-order valence-electron chi connectivity index (χ0n) is 16.8. The molecular formula is C19H35NO5. The van der Waals surface area contributed by atoms with E-state index < -0.39 is 23.7 Å². The van der Waals surface area contributed by atoms with E-state index in [4.69, 9.17) is 14.2 Å². The average Bonchev–Trinajstić information content (AvgIpc) is 2.39. The number of amides is 1. The van der Waals surface area contributed by atoms with Crippen LogP contribution in [0.25, 0.3) is 0 Å². The molecule has 6 nitrogen and oxygen atoms in total. The first-order valence-electron chi connectivity index (χ1n) is 9.31. The topological polar surface area (TPSA) is 73.9 Å². The molecule has 0 heterocycles. The summed E-state index contributed by atoms with van der Waals surface area (Å²) in [5.74, 6) is 0.274. The highest BCUT2D eigenvalue weighted by molar-refractivity contribution is 5.81. The van der Waals surface area contributed by atoms with E-state index >= 15 is 0 Å². The van der Waals surface area contributed by atoms with Crippen LogP contribution in [-0.2, 0) is 19.0 Å². The van der Waals surface area contributed by atoms with Gasteiger partial charge >= 0.3 is 12.1 Å². The fourth-order valence-corrected chi connectivity index (χ4v) is 2.60. The van der Waals surface area contributed by atoms with Gasteiger partial charge in [-0.3, -0.25) is 0 Å². The van der Waals surface area contributed by atoms with Crippen molar-refractivity contribution in [2.24, 2.45) is 11.8 Å². The molecule has 25 heavy (non-hydrogen) atoms. The second kappa shape index (κ2) is 9.41. The van der Waals surface area contributed by atoms with Crippen molar-refractivity contribution in [3.8, 4) is 0 Å². The standard InChI is InChI=1S/C19H35NO5/c1-12(2)16(14(4)23-11-15-9-8-10-15)24-17(21)13(3)20-18(22)25-19(5,6)7/h12-16H,8-11H2,1-7H3,(H,20,22)/t13-,14-,16?/m0/s1. The van der Waals surface area contributed by atoms with Crippen LogP contribution in [-0.4, -0.2) is 42.5 Å². The molecule has 0 spiro atoms. The summed E-state index contributed by atoms with van der Waals surface area (Å²) in [6.45, 7) is 13.5. The largest absolute Gasteiger partial charge is 0.458 e. The molecule has 1 saturated carbocycles. The molecule has 1 rings (SSSR count). The smallest absolute Gasteiger partial charge is 0.408 e. The number of nitrogens with one attached hydrogen (secondary N) is 1. The van der Waals surface area contributed by atoms with Crippen LogP contribution in [0.1, 0.15) is 67.7 Å². The Labute approximate surface area is 152 Å². The van der Waals surface area contributed by atoms with Gasteiger partial charge in [0.05, 0.1) is 6.10 Å². The van der Waals surface area contributed by atoms with E-state index in [0.29, 0.717) is 12.5 Å². The van der Waals surface area contributed by atoms with Crippen LogP contribution in [0, 0.1) is 11.8 Å². The summed E-state index contributed by atoms with van der Waals surface area (Å²) in [6, 6.07) is -0.782. The molecule has 1 amide bonds. The van der Waals surface area contributed by atoms with Crippen LogP contribution >= 0.6 is 0 Å². The number of esters is 1. The Balaban J connectivity index is 2.49. The van der Waals surface area contributed by atoms with E-state index in [0.717, 1.165) is 0 Å². The summed E-state index contributed by atoms with van der Waals surface area (Å²) >= 11 is 0. The van der Waals surface area contributed by atoms with Gasteiger partial charge in [-0.05, 0) is 59.3 Å². The molecular weight excluding hydrogens is 322 g/mol. The Morgan fingerprint density at radius 2 is 1.72 bits per heavy atom. The Hall–Kier alpha value is -1.30. The van der Waals surface area contributed by atoms with E-state index in [2.05, 4.69) is 5.32 Å². The van der Waals surface area contributed by atoms with Crippen LogP contribution in [0.2, 0.25) is 0 Å². The lowest BCUT2D eigenvalue weighted by molar-refractivity contribution is -0.164. The van der Waals surface area contributed by atoms with Crippen molar-refractivity contribution in [3.63, 3.8) is 0 Å². The molecule has 0 aromatic heterocycles. The van der Waals surface area contributed by atoms with Gasteiger partial charge in [-0.1, -0.05) is 20.3 Å². The fourth-order valence-electron chi connectivity index (χ4n) is 2.60. The third-order valence-corrected chi connectivity index (χ3v) is 4.28. The summed E-state index contributed by atoms with van der Waals surface area (Å²) in [6.07, 6.45) is 2.55. The Morgan fingerprint density at radius 1 is 1.12 bits per heavy atom. The molecule has 0 radical (unpaired) electrons. The van der Waals surface area contributed by atoms with Gasteiger partial charge in [0.2, 0.25) is 0 Å². The average molecular weight is 357 g/mol. The summed E-state index contributed by atoms with van der Waals surface area (Å²) < 4.78 is 16.7. The van der Waals surface area contributed by atoms with Gasteiger partial charge in [0.15, 0.2) is 0 Å². The van der Waals surface area contributed by atoms with E-state index in [-0.39, 0.29) is 18.1 Å². The number of carbonyl (C=O) groups excluding carboxylic acids is 2. The predicted octanol–water partition coefficient (Wildman–Crippen LogP) is 3.67. The van der Waals surface area contributed by atoms with Gasteiger partial charge in [-0.15, -0.1) is 0 Å². The lowest BCUT2D eigenvalue weighted by Crippen LogP contribution is -2.45. The minimum atomic E-state index is -0.782. The predicted molar refractivity (Wildman–Crippen MR) is 96.3 cm³/mol. The molecule has 3 atom stereocenters. The highest BCUT2D eigenvalue weighted by atomic mass is 16.6. The van der Waals surface area contributed by atoms with E-state index in [1.807, 2.05) is 20.8 Å². The van der Waals surface area contributed by atoms with E-state index in [1.54, 1.807) is 27.7 Å². The summed E-state index contributed by atoms with van der Waals surface area (Å²) in [5.41, 5.74) is -0.613. The molecule has 0 aromatic rings. The number of hydrogen-bond donors (Lipinski definition) is 1. The highest BCUT2D eigenvalue weighted by Gasteiger charge is 2.30. The first-order chi connectivity index (χ1) is 11.5. The van der Waals surface area contributed by atoms with Crippen molar-refractivity contribution in [3.05, 3.63) is 0 Å². The van der Waals surface area contributed by atoms with Gasteiger partial charge in [-0.25, -0.2) is 9.59 Å². The van der Waals surface area contributed by atoms with E-state index in [1.165, 1.54) is 19.3 Å². The first-order valence-corrected chi connectivity index (χ1v) is 9.31. The molecule has 1 unspecified atom stereocenters. The molecule has 1 aliphatic carbocycles. The van der Waals surface area contributed by atoms with Crippen LogP contribution < -0.4 is 5.32 Å². The minimum absolute atomic E-state index is 0.120. The van der Waals surface area contributed by atoms with Crippen molar-refractivity contribution in [1.82, 2.24) is 5.32 Å². The van der Waals surface area contributed by atoms with Crippen molar-refractivity contribution >= 4 is 12.1 Å². The Bertz CT molecular complexity index is 440. The number of carbonyl (C=O) groups is 2. The third kappa shape index (κ3) is 8.08. The molecule has 146 valence electrons. The third-order valence-electron chi connectivity index (χ3n) is 4.28.